The van der Waals surface area contributed by atoms with Crippen LogP contribution in [0.1, 0.15) is 11.4 Å². The van der Waals surface area contributed by atoms with Gasteiger partial charge >= 0.3 is 0 Å². The zero-order chi connectivity index (χ0) is 11.0. The maximum atomic E-state index is 9.81. The van der Waals surface area contributed by atoms with Gasteiger partial charge in [-0.25, -0.2) is 0 Å². The molecule has 3 N–H and O–H groups in total. The third-order valence-electron chi connectivity index (χ3n) is 2.51. The summed E-state index contributed by atoms with van der Waals surface area (Å²) < 4.78 is 1.99. The van der Waals surface area contributed by atoms with Crippen LogP contribution in [0, 0.1) is 13.8 Å². The van der Waals surface area contributed by atoms with Crippen molar-refractivity contribution in [3.05, 3.63) is 41.7 Å². The fourth-order valence-electron chi connectivity index (χ4n) is 1.78. The second-order valence-corrected chi connectivity index (χ2v) is 3.70. The van der Waals surface area contributed by atoms with Crippen LogP contribution in [0.4, 0.5) is 5.69 Å². The predicted octanol–water partition coefficient (Wildman–Crippen LogP) is 2.38. The molecule has 1 heterocycles. The van der Waals surface area contributed by atoms with Gasteiger partial charge in [-0.3, -0.25) is 0 Å². The van der Waals surface area contributed by atoms with Crippen molar-refractivity contribution in [2.45, 2.75) is 13.8 Å². The van der Waals surface area contributed by atoms with Gasteiger partial charge in [0.25, 0.3) is 0 Å². The molecule has 0 atom stereocenters. The molecule has 0 aliphatic rings. The number of phenolic OH excluding ortho intramolecular Hbond substituents is 1. The van der Waals surface area contributed by atoms with Crippen molar-refractivity contribution in [2.24, 2.45) is 0 Å². The number of anilines is 1. The van der Waals surface area contributed by atoms with Crippen molar-refractivity contribution in [1.82, 2.24) is 4.57 Å². The maximum Gasteiger partial charge on any atom is 0.141 e. The van der Waals surface area contributed by atoms with Gasteiger partial charge in [0.05, 0.1) is 5.69 Å². The minimum Gasteiger partial charge on any atom is -0.506 e. The first-order valence-electron chi connectivity index (χ1n) is 4.83. The number of hydrogen-bond donors (Lipinski definition) is 2. The van der Waals surface area contributed by atoms with Gasteiger partial charge in [-0.1, -0.05) is 0 Å². The highest BCUT2D eigenvalue weighted by Crippen LogP contribution is 2.26. The van der Waals surface area contributed by atoms with Gasteiger partial charge < -0.3 is 15.4 Å². The Morgan fingerprint density at radius 3 is 2.20 bits per heavy atom. The van der Waals surface area contributed by atoms with Gasteiger partial charge in [-0.2, -0.15) is 0 Å². The van der Waals surface area contributed by atoms with E-state index in [4.69, 9.17) is 5.73 Å². The lowest BCUT2D eigenvalue weighted by molar-refractivity contribution is 0.472. The number of aryl methyl sites for hydroxylation is 2. The standard InChI is InChI=1S/C12H14N2O/c1-8-3-4-9(2)14(8)11-6-5-10(13)7-12(11)15/h3-7,15H,13H2,1-2H3. The Bertz CT molecular complexity index is 481. The van der Waals surface area contributed by atoms with Crippen LogP contribution in [0.2, 0.25) is 0 Å². The Hall–Kier alpha value is -1.90. The Labute approximate surface area is 88.8 Å². The molecular formula is C12H14N2O. The molecule has 2 rings (SSSR count). The van der Waals surface area contributed by atoms with Crippen LogP contribution in [0.15, 0.2) is 30.3 Å². The van der Waals surface area contributed by atoms with Crippen molar-refractivity contribution >= 4 is 5.69 Å². The Morgan fingerprint density at radius 1 is 1.07 bits per heavy atom. The molecule has 3 heteroatoms. The first-order valence-corrected chi connectivity index (χ1v) is 4.83. The molecule has 1 aromatic carbocycles. The molecule has 1 aromatic heterocycles. The quantitative estimate of drug-likeness (QED) is 0.697. The molecule has 0 aliphatic carbocycles. The van der Waals surface area contributed by atoms with Gasteiger partial charge in [0.15, 0.2) is 0 Å². The molecule has 0 saturated carbocycles. The van der Waals surface area contributed by atoms with Crippen LogP contribution in [0.3, 0.4) is 0 Å². The van der Waals surface area contributed by atoms with E-state index in [1.807, 2.05) is 36.6 Å². The highest BCUT2D eigenvalue weighted by atomic mass is 16.3. The molecule has 0 radical (unpaired) electrons. The monoisotopic (exact) mass is 202 g/mol. The zero-order valence-corrected chi connectivity index (χ0v) is 8.86. The van der Waals surface area contributed by atoms with Gasteiger partial charge in [0.1, 0.15) is 5.75 Å². The minimum atomic E-state index is 0.206. The smallest absolute Gasteiger partial charge is 0.141 e. The lowest BCUT2D eigenvalue weighted by Crippen LogP contribution is -1.99. The van der Waals surface area contributed by atoms with E-state index in [0.717, 1.165) is 17.1 Å². The first-order chi connectivity index (χ1) is 7.09. The maximum absolute atomic E-state index is 9.81. The van der Waals surface area contributed by atoms with Crippen molar-refractivity contribution in [3.63, 3.8) is 0 Å². The van der Waals surface area contributed by atoms with E-state index in [2.05, 4.69) is 0 Å². The summed E-state index contributed by atoms with van der Waals surface area (Å²) in [6.07, 6.45) is 0. The highest BCUT2D eigenvalue weighted by molar-refractivity contribution is 5.56. The second kappa shape index (κ2) is 3.35. The fraction of sp³-hybridized carbons (Fsp3) is 0.167. The van der Waals surface area contributed by atoms with Crippen LogP contribution in [-0.4, -0.2) is 9.67 Å². The summed E-state index contributed by atoms with van der Waals surface area (Å²) >= 11 is 0. The van der Waals surface area contributed by atoms with Crippen LogP contribution < -0.4 is 5.73 Å². The third-order valence-corrected chi connectivity index (χ3v) is 2.51. The number of benzene rings is 1. The average molecular weight is 202 g/mol. The molecule has 3 nitrogen and oxygen atoms in total. The van der Waals surface area contributed by atoms with Gasteiger partial charge in [0, 0.05) is 23.1 Å². The van der Waals surface area contributed by atoms with Crippen molar-refractivity contribution in [3.8, 4) is 11.4 Å². The number of aromatic hydroxyl groups is 1. The number of hydrogen-bond acceptors (Lipinski definition) is 2. The number of phenols is 1. The largest absolute Gasteiger partial charge is 0.506 e. The molecule has 2 aromatic rings. The molecule has 0 aliphatic heterocycles. The van der Waals surface area contributed by atoms with Crippen LogP contribution in [0.25, 0.3) is 5.69 Å². The molecular weight excluding hydrogens is 188 g/mol. The van der Waals surface area contributed by atoms with Crippen LogP contribution in [-0.2, 0) is 0 Å². The predicted molar refractivity (Wildman–Crippen MR) is 61.3 cm³/mol. The van der Waals surface area contributed by atoms with E-state index in [-0.39, 0.29) is 5.75 Å². The van der Waals surface area contributed by atoms with E-state index in [1.165, 1.54) is 0 Å². The van der Waals surface area contributed by atoms with Gasteiger partial charge in [0.2, 0.25) is 0 Å². The Kier molecular flexibility index (Phi) is 2.15. The van der Waals surface area contributed by atoms with Crippen molar-refractivity contribution in [1.29, 1.82) is 0 Å². The summed E-state index contributed by atoms with van der Waals surface area (Å²) in [5.74, 6) is 0.206. The molecule has 15 heavy (non-hydrogen) atoms. The minimum absolute atomic E-state index is 0.206. The van der Waals surface area contributed by atoms with E-state index >= 15 is 0 Å². The summed E-state index contributed by atoms with van der Waals surface area (Å²) in [7, 11) is 0. The molecule has 0 bridgehead atoms. The number of aromatic nitrogens is 1. The van der Waals surface area contributed by atoms with Gasteiger partial charge in [-0.15, -0.1) is 0 Å². The van der Waals surface area contributed by atoms with Crippen molar-refractivity contribution < 1.29 is 5.11 Å². The molecule has 0 spiro atoms. The normalized spacial score (nSPS) is 10.5. The summed E-state index contributed by atoms with van der Waals surface area (Å²) in [5, 5.41) is 9.81. The van der Waals surface area contributed by atoms with E-state index in [0.29, 0.717) is 5.69 Å². The topological polar surface area (TPSA) is 51.2 Å². The molecule has 78 valence electrons. The number of nitrogen functional groups attached to an aromatic ring is 1. The van der Waals surface area contributed by atoms with Crippen LogP contribution >= 0.6 is 0 Å². The summed E-state index contributed by atoms with van der Waals surface area (Å²) in [5.41, 5.74) is 9.10. The lowest BCUT2D eigenvalue weighted by atomic mass is 10.2. The van der Waals surface area contributed by atoms with E-state index < -0.39 is 0 Å². The van der Waals surface area contributed by atoms with Crippen molar-refractivity contribution in [2.75, 3.05) is 5.73 Å². The fourth-order valence-corrected chi connectivity index (χ4v) is 1.78. The average Bonchev–Trinajstić information content (AvgIpc) is 2.48. The van der Waals surface area contributed by atoms with E-state index in [1.54, 1.807) is 12.1 Å². The number of nitrogens with two attached hydrogens (primary N) is 1. The first kappa shape index (κ1) is 9.65. The zero-order valence-electron chi connectivity index (χ0n) is 8.86. The van der Waals surface area contributed by atoms with E-state index in [9.17, 15) is 5.11 Å². The second-order valence-electron chi connectivity index (χ2n) is 3.70. The third kappa shape index (κ3) is 1.56. The molecule has 0 saturated heterocycles. The highest BCUT2D eigenvalue weighted by Gasteiger charge is 2.08. The molecule has 0 unspecified atom stereocenters. The lowest BCUT2D eigenvalue weighted by Gasteiger charge is -2.11. The Balaban J connectivity index is 2.64. The molecule has 0 amide bonds. The van der Waals surface area contributed by atoms with Crippen LogP contribution in [0.5, 0.6) is 5.75 Å². The number of rotatable bonds is 1. The molecule has 0 fully saturated rings. The summed E-state index contributed by atoms with van der Waals surface area (Å²) in [6.45, 7) is 4.01. The number of nitrogens with zero attached hydrogens (tertiary/aromatic N) is 1. The Morgan fingerprint density at radius 2 is 1.67 bits per heavy atom. The summed E-state index contributed by atoms with van der Waals surface area (Å²) in [6, 6.07) is 9.21. The van der Waals surface area contributed by atoms with Gasteiger partial charge in [-0.05, 0) is 38.1 Å². The SMILES string of the molecule is Cc1ccc(C)n1-c1ccc(N)cc1O. The summed E-state index contributed by atoms with van der Waals surface area (Å²) in [4.78, 5) is 0.